The molecular formula is C23H29N5O4. The Morgan fingerprint density at radius 3 is 2.72 bits per heavy atom. The Labute approximate surface area is 187 Å². The highest BCUT2D eigenvalue weighted by Gasteiger charge is 2.32. The molecule has 1 atom stereocenters. The monoisotopic (exact) mass is 439 g/mol. The van der Waals surface area contributed by atoms with Crippen molar-refractivity contribution in [3.63, 3.8) is 0 Å². The Kier molecular flexibility index (Phi) is 6.53. The lowest BCUT2D eigenvalue weighted by atomic mass is 9.85. The van der Waals surface area contributed by atoms with E-state index in [1.54, 1.807) is 41.0 Å². The van der Waals surface area contributed by atoms with Gasteiger partial charge >= 0.3 is 0 Å². The maximum absolute atomic E-state index is 13.0. The van der Waals surface area contributed by atoms with Gasteiger partial charge in [0.2, 0.25) is 17.7 Å². The van der Waals surface area contributed by atoms with Crippen molar-refractivity contribution in [1.82, 2.24) is 19.9 Å². The van der Waals surface area contributed by atoms with Crippen molar-refractivity contribution in [2.75, 3.05) is 25.0 Å². The largest absolute Gasteiger partial charge is 0.339 e. The number of anilines is 1. The summed E-state index contributed by atoms with van der Waals surface area (Å²) >= 11 is 0. The summed E-state index contributed by atoms with van der Waals surface area (Å²) in [5, 5.41) is 6.77. The Balaban J connectivity index is 1.35. The number of carbonyl (C=O) groups is 3. The summed E-state index contributed by atoms with van der Waals surface area (Å²) in [7, 11) is 0. The second kappa shape index (κ2) is 9.50. The van der Waals surface area contributed by atoms with E-state index < -0.39 is 0 Å². The van der Waals surface area contributed by atoms with Gasteiger partial charge in [-0.05, 0) is 37.5 Å². The van der Waals surface area contributed by atoms with Gasteiger partial charge in [-0.1, -0.05) is 17.6 Å². The van der Waals surface area contributed by atoms with Gasteiger partial charge in [0, 0.05) is 57.1 Å². The minimum absolute atomic E-state index is 0.0281. The maximum atomic E-state index is 13.0. The van der Waals surface area contributed by atoms with E-state index in [0.717, 1.165) is 19.3 Å². The van der Waals surface area contributed by atoms with Gasteiger partial charge < -0.3 is 19.6 Å². The number of nitrogens with one attached hydrogen (secondary N) is 1. The van der Waals surface area contributed by atoms with E-state index in [-0.39, 0.29) is 23.8 Å². The normalized spacial score (nSPS) is 18.3. The summed E-state index contributed by atoms with van der Waals surface area (Å²) < 4.78 is 5.37. The third-order valence-corrected chi connectivity index (χ3v) is 6.24. The first kappa shape index (κ1) is 22.0. The fourth-order valence-electron chi connectivity index (χ4n) is 4.30. The number of likely N-dealkylation sites (tertiary alicyclic amines) is 1. The van der Waals surface area contributed by atoms with Crippen LogP contribution in [0.25, 0.3) is 0 Å². The third-order valence-electron chi connectivity index (χ3n) is 6.24. The molecule has 1 aromatic heterocycles. The first-order valence-corrected chi connectivity index (χ1v) is 11.2. The molecule has 0 radical (unpaired) electrons. The van der Waals surface area contributed by atoms with E-state index >= 15 is 0 Å². The van der Waals surface area contributed by atoms with Gasteiger partial charge in [0.1, 0.15) is 0 Å². The lowest BCUT2D eigenvalue weighted by molar-refractivity contribution is -0.130. The van der Waals surface area contributed by atoms with Crippen LogP contribution in [-0.2, 0) is 16.0 Å². The highest BCUT2D eigenvalue weighted by Crippen LogP contribution is 2.35. The number of nitrogens with zero attached hydrogens (tertiary/aromatic N) is 4. The first-order chi connectivity index (χ1) is 15.4. The van der Waals surface area contributed by atoms with Crippen LogP contribution in [-0.4, -0.2) is 63.3 Å². The zero-order chi connectivity index (χ0) is 22.7. The predicted molar refractivity (Wildman–Crippen MR) is 117 cm³/mol. The highest BCUT2D eigenvalue weighted by molar-refractivity contribution is 5.97. The molecule has 0 spiro atoms. The van der Waals surface area contributed by atoms with Crippen LogP contribution >= 0.6 is 0 Å². The van der Waals surface area contributed by atoms with Crippen molar-refractivity contribution < 1.29 is 18.9 Å². The molecule has 1 aliphatic heterocycles. The van der Waals surface area contributed by atoms with Crippen molar-refractivity contribution >= 4 is 23.4 Å². The molecule has 2 heterocycles. The second-order valence-corrected chi connectivity index (χ2v) is 8.59. The number of aromatic nitrogens is 2. The summed E-state index contributed by atoms with van der Waals surface area (Å²) in [6, 6.07) is 6.86. The number of hydrogen-bond donors (Lipinski definition) is 1. The summed E-state index contributed by atoms with van der Waals surface area (Å²) in [5.41, 5.74) is 1.10. The van der Waals surface area contributed by atoms with Crippen LogP contribution in [0.3, 0.4) is 0 Å². The van der Waals surface area contributed by atoms with Crippen molar-refractivity contribution in [2.24, 2.45) is 0 Å². The second-order valence-electron chi connectivity index (χ2n) is 8.59. The SMILES string of the molecule is CC(=O)Nc1cccc(C(=O)N2CCC(N(CCc3noc(C4CCC4)n3)C(C)=O)C2)c1. The van der Waals surface area contributed by atoms with E-state index in [9.17, 15) is 14.4 Å². The van der Waals surface area contributed by atoms with Crippen molar-refractivity contribution in [2.45, 2.75) is 57.9 Å². The molecule has 2 aromatic rings. The average molecular weight is 440 g/mol. The minimum Gasteiger partial charge on any atom is -0.339 e. The fourth-order valence-corrected chi connectivity index (χ4v) is 4.30. The third kappa shape index (κ3) is 4.98. The molecule has 2 aliphatic rings. The Hall–Kier alpha value is -3.23. The molecule has 3 amide bonds. The van der Waals surface area contributed by atoms with Gasteiger partial charge in [0.25, 0.3) is 5.91 Å². The number of amides is 3. The van der Waals surface area contributed by atoms with Gasteiger partial charge in [-0.25, -0.2) is 0 Å². The summed E-state index contributed by atoms with van der Waals surface area (Å²) in [6.07, 6.45) is 4.64. The molecule has 9 nitrogen and oxygen atoms in total. The van der Waals surface area contributed by atoms with Crippen LogP contribution in [0.5, 0.6) is 0 Å². The number of benzene rings is 1. The molecule has 1 aliphatic carbocycles. The van der Waals surface area contributed by atoms with Gasteiger partial charge in [0.15, 0.2) is 5.82 Å². The van der Waals surface area contributed by atoms with Gasteiger partial charge in [-0.15, -0.1) is 0 Å². The molecule has 32 heavy (non-hydrogen) atoms. The van der Waals surface area contributed by atoms with Crippen molar-refractivity contribution in [3.8, 4) is 0 Å². The predicted octanol–water partition coefficient (Wildman–Crippen LogP) is 2.60. The molecule has 2 fully saturated rings. The van der Waals surface area contributed by atoms with Gasteiger partial charge in [-0.2, -0.15) is 4.98 Å². The Morgan fingerprint density at radius 1 is 1.22 bits per heavy atom. The first-order valence-electron chi connectivity index (χ1n) is 11.2. The molecule has 1 N–H and O–H groups in total. The van der Waals surface area contributed by atoms with Gasteiger partial charge in [-0.3, -0.25) is 14.4 Å². The van der Waals surface area contributed by atoms with Crippen LogP contribution < -0.4 is 5.32 Å². The van der Waals surface area contributed by atoms with Crippen LogP contribution in [0.4, 0.5) is 5.69 Å². The molecule has 1 aromatic carbocycles. The average Bonchev–Trinajstić information content (AvgIpc) is 3.36. The number of carbonyl (C=O) groups excluding carboxylic acids is 3. The van der Waals surface area contributed by atoms with Crippen LogP contribution in [0.1, 0.15) is 67.5 Å². The zero-order valence-corrected chi connectivity index (χ0v) is 18.5. The zero-order valence-electron chi connectivity index (χ0n) is 18.5. The van der Waals surface area contributed by atoms with Crippen LogP contribution in [0.15, 0.2) is 28.8 Å². The highest BCUT2D eigenvalue weighted by atomic mass is 16.5. The van der Waals surface area contributed by atoms with E-state index in [0.29, 0.717) is 54.9 Å². The molecule has 1 unspecified atom stereocenters. The van der Waals surface area contributed by atoms with Crippen molar-refractivity contribution in [3.05, 3.63) is 41.5 Å². The molecule has 1 saturated heterocycles. The number of hydrogen-bond acceptors (Lipinski definition) is 6. The summed E-state index contributed by atoms with van der Waals surface area (Å²) in [5.74, 6) is 1.40. The van der Waals surface area contributed by atoms with E-state index in [2.05, 4.69) is 15.5 Å². The minimum atomic E-state index is -0.186. The summed E-state index contributed by atoms with van der Waals surface area (Å²) in [6.45, 7) is 4.52. The van der Waals surface area contributed by atoms with E-state index in [1.165, 1.54) is 13.3 Å². The quantitative estimate of drug-likeness (QED) is 0.710. The molecule has 9 heteroatoms. The van der Waals surface area contributed by atoms with Crippen LogP contribution in [0, 0.1) is 0 Å². The molecule has 4 rings (SSSR count). The Bertz CT molecular complexity index is 1000. The standard InChI is InChI=1S/C23H29N5O4/c1-15(29)24-19-8-4-7-18(13-19)23(31)27-11-9-20(14-27)28(16(2)30)12-10-21-25-22(32-26-21)17-5-3-6-17/h4,7-8,13,17,20H,3,5-6,9-12,14H2,1-2H3,(H,24,29). The van der Waals surface area contributed by atoms with E-state index in [1.807, 2.05) is 0 Å². The fraction of sp³-hybridized carbons (Fsp3) is 0.522. The Morgan fingerprint density at radius 2 is 2.03 bits per heavy atom. The molecule has 0 bridgehead atoms. The van der Waals surface area contributed by atoms with Crippen LogP contribution in [0.2, 0.25) is 0 Å². The summed E-state index contributed by atoms with van der Waals surface area (Å²) in [4.78, 5) is 44.7. The topological polar surface area (TPSA) is 109 Å². The van der Waals surface area contributed by atoms with Gasteiger partial charge in [0.05, 0.1) is 6.04 Å². The number of rotatable bonds is 7. The lowest BCUT2D eigenvalue weighted by Crippen LogP contribution is -2.42. The molecular weight excluding hydrogens is 410 g/mol. The van der Waals surface area contributed by atoms with E-state index in [4.69, 9.17) is 4.52 Å². The van der Waals surface area contributed by atoms with Crippen molar-refractivity contribution in [1.29, 1.82) is 0 Å². The smallest absolute Gasteiger partial charge is 0.254 e. The molecule has 1 saturated carbocycles. The molecule has 170 valence electrons. The maximum Gasteiger partial charge on any atom is 0.254 e. The lowest BCUT2D eigenvalue weighted by Gasteiger charge is -2.27.